The van der Waals surface area contributed by atoms with Crippen molar-refractivity contribution < 1.29 is 19.0 Å². The topological polar surface area (TPSA) is 94.9 Å². The van der Waals surface area contributed by atoms with Gasteiger partial charge in [-0.2, -0.15) is 15.1 Å². The van der Waals surface area contributed by atoms with Gasteiger partial charge in [0.25, 0.3) is 5.91 Å². The summed E-state index contributed by atoms with van der Waals surface area (Å²) < 4.78 is 16.0. The molecule has 0 aliphatic heterocycles. The van der Waals surface area contributed by atoms with Crippen molar-refractivity contribution >= 4 is 23.5 Å². The molecule has 3 aromatic rings. The van der Waals surface area contributed by atoms with E-state index in [9.17, 15) is 4.79 Å². The highest BCUT2D eigenvalue weighted by atomic mass is 32.1. The van der Waals surface area contributed by atoms with E-state index >= 15 is 0 Å². The second kappa shape index (κ2) is 8.77. The van der Waals surface area contributed by atoms with Gasteiger partial charge in [-0.05, 0) is 23.6 Å². The second-order valence-electron chi connectivity index (χ2n) is 5.05. The first-order valence-corrected chi connectivity index (χ1v) is 8.68. The Bertz CT molecular complexity index is 922. The second-order valence-corrected chi connectivity index (χ2v) is 6.00. The van der Waals surface area contributed by atoms with Crippen molar-refractivity contribution in [2.24, 2.45) is 5.10 Å². The van der Waals surface area contributed by atoms with Gasteiger partial charge >= 0.3 is 6.01 Å². The summed E-state index contributed by atoms with van der Waals surface area (Å²) in [6.07, 6.45) is 1.48. The number of para-hydroxylation sites is 1. The lowest BCUT2D eigenvalue weighted by molar-refractivity contribution is 0.0959. The number of nitrogens with one attached hydrogen (secondary N) is 1. The van der Waals surface area contributed by atoms with Crippen LogP contribution in [0.2, 0.25) is 0 Å². The van der Waals surface area contributed by atoms with Gasteiger partial charge in [0.2, 0.25) is 11.8 Å². The van der Waals surface area contributed by atoms with Crippen LogP contribution in [0.15, 0.2) is 52.9 Å². The maximum Gasteiger partial charge on any atom is 0.328 e. The molecule has 3 rings (SSSR count). The molecule has 8 nitrogen and oxygen atoms in total. The highest BCUT2D eigenvalue weighted by Crippen LogP contribution is 2.25. The van der Waals surface area contributed by atoms with E-state index in [-0.39, 0.29) is 11.9 Å². The van der Waals surface area contributed by atoms with Crippen LogP contribution in [0, 0.1) is 0 Å². The van der Waals surface area contributed by atoms with E-state index in [2.05, 4.69) is 20.5 Å². The number of nitrogens with zero attached hydrogens (tertiary/aromatic N) is 3. The van der Waals surface area contributed by atoms with Gasteiger partial charge in [-0.15, -0.1) is 11.3 Å². The SMILES string of the molecule is COc1cc(OC)nc(Oc2ccccc2/C=N/NC(=O)c2cccs2)n1. The first kappa shape index (κ1) is 18.3. The summed E-state index contributed by atoms with van der Waals surface area (Å²) in [6.45, 7) is 0. The van der Waals surface area contributed by atoms with Crippen molar-refractivity contribution in [2.75, 3.05) is 14.2 Å². The van der Waals surface area contributed by atoms with Gasteiger partial charge in [-0.1, -0.05) is 18.2 Å². The molecule has 0 unspecified atom stereocenters. The number of amides is 1. The molecule has 1 N–H and O–H groups in total. The number of hydrazone groups is 1. The molecule has 0 bridgehead atoms. The van der Waals surface area contributed by atoms with Crippen molar-refractivity contribution in [2.45, 2.75) is 0 Å². The van der Waals surface area contributed by atoms with Crippen molar-refractivity contribution in [3.05, 3.63) is 58.3 Å². The Morgan fingerprint density at radius 2 is 1.85 bits per heavy atom. The molecule has 0 radical (unpaired) electrons. The maximum atomic E-state index is 11.9. The standard InChI is InChI=1S/C18H16N4O4S/c1-24-15-10-16(25-2)21-18(20-15)26-13-7-4-3-6-12(13)11-19-22-17(23)14-8-5-9-27-14/h3-11H,1-2H3,(H,22,23)/b19-11+. The minimum absolute atomic E-state index is 0.0645. The monoisotopic (exact) mass is 384 g/mol. The maximum absolute atomic E-state index is 11.9. The van der Waals surface area contributed by atoms with E-state index in [1.807, 2.05) is 11.4 Å². The smallest absolute Gasteiger partial charge is 0.328 e. The molecule has 27 heavy (non-hydrogen) atoms. The number of benzene rings is 1. The molecule has 0 atom stereocenters. The molecule has 1 amide bonds. The van der Waals surface area contributed by atoms with Crippen molar-refractivity contribution in [3.8, 4) is 23.5 Å². The van der Waals surface area contributed by atoms with Gasteiger partial charge in [0.1, 0.15) is 5.75 Å². The zero-order chi connectivity index (χ0) is 19.1. The van der Waals surface area contributed by atoms with Crippen LogP contribution in [-0.4, -0.2) is 36.3 Å². The average Bonchev–Trinajstić information content (AvgIpc) is 3.24. The molecule has 138 valence electrons. The van der Waals surface area contributed by atoms with Crippen molar-refractivity contribution in [1.29, 1.82) is 0 Å². The highest BCUT2D eigenvalue weighted by molar-refractivity contribution is 7.12. The predicted molar refractivity (Wildman–Crippen MR) is 101 cm³/mol. The van der Waals surface area contributed by atoms with E-state index in [0.29, 0.717) is 28.0 Å². The summed E-state index contributed by atoms with van der Waals surface area (Å²) in [6, 6.07) is 12.3. The first-order valence-electron chi connectivity index (χ1n) is 7.80. The lowest BCUT2D eigenvalue weighted by atomic mass is 10.2. The van der Waals surface area contributed by atoms with E-state index in [1.165, 1.54) is 31.8 Å². The quantitative estimate of drug-likeness (QED) is 0.497. The molecule has 1 aromatic carbocycles. The first-order chi connectivity index (χ1) is 13.2. The van der Waals surface area contributed by atoms with Gasteiger partial charge in [0.15, 0.2) is 0 Å². The molecular formula is C18H16N4O4S. The summed E-state index contributed by atoms with van der Waals surface area (Å²) in [5.41, 5.74) is 3.11. The molecule has 2 heterocycles. The van der Waals surface area contributed by atoms with Crippen LogP contribution in [0.1, 0.15) is 15.2 Å². The molecule has 9 heteroatoms. The number of carbonyl (C=O) groups is 1. The Morgan fingerprint density at radius 1 is 1.11 bits per heavy atom. The van der Waals surface area contributed by atoms with Crippen molar-refractivity contribution in [3.63, 3.8) is 0 Å². The number of rotatable bonds is 7. The Kier molecular flexibility index (Phi) is 5.95. The third-order valence-corrected chi connectivity index (χ3v) is 4.18. The number of hydrogen-bond acceptors (Lipinski definition) is 8. The molecule has 0 aliphatic carbocycles. The number of ether oxygens (including phenoxy) is 3. The van der Waals surface area contributed by atoms with Crippen LogP contribution in [0.25, 0.3) is 0 Å². The van der Waals surface area contributed by atoms with Crippen LogP contribution >= 0.6 is 11.3 Å². The number of methoxy groups -OCH3 is 2. The summed E-state index contributed by atoms with van der Waals surface area (Å²) in [4.78, 5) is 20.8. The minimum atomic E-state index is -0.277. The van der Waals surface area contributed by atoms with Crippen LogP contribution in [-0.2, 0) is 0 Å². The number of aromatic nitrogens is 2. The molecule has 0 fully saturated rings. The number of thiophene rings is 1. The zero-order valence-electron chi connectivity index (χ0n) is 14.6. The number of hydrogen-bond donors (Lipinski definition) is 1. The molecular weight excluding hydrogens is 368 g/mol. The fourth-order valence-electron chi connectivity index (χ4n) is 2.04. The minimum Gasteiger partial charge on any atom is -0.481 e. The van der Waals surface area contributed by atoms with E-state index in [0.717, 1.165) is 0 Å². The van der Waals surface area contributed by atoms with Crippen LogP contribution in [0.5, 0.6) is 23.5 Å². The summed E-state index contributed by atoms with van der Waals surface area (Å²) >= 11 is 1.34. The predicted octanol–water partition coefficient (Wildman–Crippen LogP) is 3.11. The number of carbonyl (C=O) groups excluding carboxylic acids is 1. The zero-order valence-corrected chi connectivity index (χ0v) is 15.4. The third kappa shape index (κ3) is 4.79. The Hall–Kier alpha value is -3.46. The molecule has 0 saturated carbocycles. The van der Waals surface area contributed by atoms with Gasteiger partial charge < -0.3 is 14.2 Å². The molecule has 2 aromatic heterocycles. The molecule has 0 saturated heterocycles. The summed E-state index contributed by atoms with van der Waals surface area (Å²) in [5, 5.41) is 5.80. The van der Waals surface area contributed by atoms with Gasteiger partial charge in [-0.25, -0.2) is 5.43 Å². The average molecular weight is 384 g/mol. The molecule has 0 aliphatic rings. The third-order valence-electron chi connectivity index (χ3n) is 3.31. The normalized spacial score (nSPS) is 10.6. The summed E-state index contributed by atoms with van der Waals surface area (Å²) in [5.74, 6) is 0.805. The fraction of sp³-hybridized carbons (Fsp3) is 0.111. The van der Waals surface area contributed by atoms with Crippen molar-refractivity contribution in [1.82, 2.24) is 15.4 Å². The molecule has 0 spiro atoms. The van der Waals surface area contributed by atoms with Gasteiger partial charge in [0, 0.05) is 5.56 Å². The van der Waals surface area contributed by atoms with Gasteiger partial charge in [-0.3, -0.25) is 4.79 Å². The lowest BCUT2D eigenvalue weighted by Gasteiger charge is -2.09. The van der Waals surface area contributed by atoms with E-state index in [4.69, 9.17) is 14.2 Å². The Labute approximate surface area is 159 Å². The largest absolute Gasteiger partial charge is 0.481 e. The van der Waals surface area contributed by atoms with E-state index in [1.54, 1.807) is 36.4 Å². The Morgan fingerprint density at radius 3 is 2.52 bits per heavy atom. The van der Waals surface area contributed by atoms with Crippen LogP contribution < -0.4 is 19.6 Å². The van der Waals surface area contributed by atoms with Gasteiger partial charge in [0.05, 0.1) is 31.4 Å². The van der Waals surface area contributed by atoms with Crippen LogP contribution in [0.4, 0.5) is 0 Å². The highest BCUT2D eigenvalue weighted by Gasteiger charge is 2.10. The fourth-order valence-corrected chi connectivity index (χ4v) is 2.65. The van der Waals surface area contributed by atoms with Crippen LogP contribution in [0.3, 0.4) is 0 Å². The Balaban J connectivity index is 1.76. The summed E-state index contributed by atoms with van der Waals surface area (Å²) in [7, 11) is 2.98. The van der Waals surface area contributed by atoms with E-state index < -0.39 is 0 Å². The lowest BCUT2D eigenvalue weighted by Crippen LogP contribution is -2.16.